The molecule has 0 heterocycles. The van der Waals surface area contributed by atoms with Gasteiger partial charge in [0.05, 0.1) is 11.1 Å². The minimum absolute atomic E-state index is 0.0122. The number of hydrogen-bond acceptors (Lipinski definition) is 4. The van der Waals surface area contributed by atoms with Gasteiger partial charge in [0, 0.05) is 5.11 Å². The van der Waals surface area contributed by atoms with E-state index in [1.54, 1.807) is 48.5 Å². The number of benzene rings is 3. The van der Waals surface area contributed by atoms with Crippen LogP contribution in [-0.4, -0.2) is 26.8 Å². The Morgan fingerprint density at radius 3 is 2.15 bits per heavy atom. The summed E-state index contributed by atoms with van der Waals surface area (Å²) in [4.78, 5) is 15.4. The molecule has 7 heteroatoms. The van der Waals surface area contributed by atoms with Crippen LogP contribution in [0, 0.1) is 0 Å². The lowest BCUT2D eigenvalue weighted by molar-refractivity contribution is -0.0784. The van der Waals surface area contributed by atoms with E-state index >= 15 is 0 Å². The monoisotopic (exact) mass is 359 g/mol. The minimum atomic E-state index is -1.10. The number of phenols is 1. The molecule has 0 spiro atoms. The molecule has 0 atom stereocenters. The molecule has 0 aromatic heterocycles. The molecule has 7 nitrogen and oxygen atoms in total. The normalized spacial score (nSPS) is 10.4. The van der Waals surface area contributed by atoms with Gasteiger partial charge in [0.15, 0.2) is 5.69 Å². The van der Waals surface area contributed by atoms with Crippen molar-refractivity contribution in [3.63, 3.8) is 0 Å². The van der Waals surface area contributed by atoms with Crippen molar-refractivity contribution < 1.29 is 19.8 Å². The van der Waals surface area contributed by atoms with Crippen molar-refractivity contribution in [3.05, 3.63) is 90.0 Å². The molecule has 2 N–H and O–H groups in total. The van der Waals surface area contributed by atoms with Crippen molar-refractivity contribution in [3.8, 4) is 5.75 Å². The number of rotatable bonds is 4. The quantitative estimate of drug-likeness (QED) is 0.307. The molecule has 0 radical (unpaired) electrons. The summed E-state index contributed by atoms with van der Waals surface area (Å²) in [6, 6.07) is 21.8. The molecule has 0 fully saturated rings. The summed E-state index contributed by atoms with van der Waals surface area (Å²) in [6.45, 7) is 0. The molecule has 0 aliphatic heterocycles. The van der Waals surface area contributed by atoms with E-state index in [0.717, 1.165) is 0 Å². The molecule has 0 bridgehead atoms. The molecule has 132 valence electrons. The van der Waals surface area contributed by atoms with E-state index in [4.69, 9.17) is 0 Å². The van der Waals surface area contributed by atoms with Crippen molar-refractivity contribution in [1.82, 2.24) is 0 Å². The summed E-state index contributed by atoms with van der Waals surface area (Å²) in [5, 5.41) is 31.2. The molecular weight excluding hydrogens is 344 g/mol. The number of carboxylic acid groups (broad SMARTS) is 1. The number of carboxylic acids is 1. The highest BCUT2D eigenvalue weighted by molar-refractivity contribution is 5.96. The Hall–Kier alpha value is -4.09. The van der Waals surface area contributed by atoms with Crippen LogP contribution in [0.4, 0.5) is 11.4 Å². The number of hydrogen-bond donors (Lipinski definition) is 2. The molecule has 0 unspecified atom stereocenters. The van der Waals surface area contributed by atoms with Gasteiger partial charge in [-0.05, 0) is 41.5 Å². The van der Waals surface area contributed by atoms with Crippen molar-refractivity contribution in [1.29, 1.82) is 0 Å². The van der Waals surface area contributed by atoms with Gasteiger partial charge in [-0.3, -0.25) is 0 Å². The zero-order chi connectivity index (χ0) is 19.1. The second-order valence-electron chi connectivity index (χ2n) is 5.40. The predicted molar refractivity (Wildman–Crippen MR) is 98.9 cm³/mol. The van der Waals surface area contributed by atoms with Crippen LogP contribution in [0.5, 0.6) is 5.75 Å². The van der Waals surface area contributed by atoms with Crippen LogP contribution in [-0.2, 0) is 0 Å². The second kappa shape index (κ2) is 8.33. The fourth-order valence-corrected chi connectivity index (χ4v) is 2.22. The number of aromatic carboxylic acids is 1. The first-order chi connectivity index (χ1) is 13.1. The molecule has 0 saturated heterocycles. The summed E-state index contributed by atoms with van der Waals surface area (Å²) in [6.07, 6.45) is 0. The number of carbonyl (C=O) groups is 1. The lowest BCUT2D eigenvalue weighted by atomic mass is 10.2. The first-order valence-electron chi connectivity index (χ1n) is 8.01. The highest BCUT2D eigenvalue weighted by Gasteiger charge is 2.17. The van der Waals surface area contributed by atoms with Gasteiger partial charge in [-0.2, -0.15) is 0 Å². The summed E-state index contributed by atoms with van der Waals surface area (Å²) in [7, 11) is 0. The van der Waals surface area contributed by atoms with Crippen molar-refractivity contribution in [2.75, 3.05) is 0 Å². The Balaban J connectivity index is 2.06. The molecule has 27 heavy (non-hydrogen) atoms. The fourth-order valence-electron chi connectivity index (χ4n) is 2.22. The molecule has 0 aliphatic carbocycles. The lowest BCUT2D eigenvalue weighted by Gasteiger charge is -1.95. The van der Waals surface area contributed by atoms with Crippen LogP contribution in [0.25, 0.3) is 0 Å². The van der Waals surface area contributed by atoms with Crippen molar-refractivity contribution >= 4 is 23.2 Å². The molecule has 3 aromatic rings. The Labute approximate surface area is 154 Å². The van der Waals surface area contributed by atoms with E-state index < -0.39 is 5.97 Å². The van der Waals surface area contributed by atoms with Crippen molar-refractivity contribution in [2.45, 2.75) is 0 Å². The van der Waals surface area contributed by atoms with Gasteiger partial charge in [0.1, 0.15) is 16.6 Å². The maximum atomic E-state index is 11.3. The van der Waals surface area contributed by atoms with Gasteiger partial charge in [-0.1, -0.05) is 47.3 Å². The average molecular weight is 359 g/mol. The Morgan fingerprint density at radius 1 is 0.815 bits per heavy atom. The Morgan fingerprint density at radius 2 is 1.44 bits per heavy atom. The Kier molecular flexibility index (Phi) is 5.47. The number of nitrogens with zero attached hydrogens (tertiary/aromatic N) is 4. The molecule has 3 aromatic carbocycles. The third kappa shape index (κ3) is 4.50. The third-order valence-corrected chi connectivity index (χ3v) is 3.55. The summed E-state index contributed by atoms with van der Waals surface area (Å²) in [5.74, 6) is -0.928. The molecule has 0 aliphatic rings. The maximum absolute atomic E-state index is 11.3. The van der Waals surface area contributed by atoms with E-state index in [9.17, 15) is 15.0 Å². The average Bonchev–Trinajstić information content (AvgIpc) is 2.70. The van der Waals surface area contributed by atoms with Crippen LogP contribution < -0.4 is 0 Å². The van der Waals surface area contributed by atoms with Crippen LogP contribution in [0.15, 0.2) is 94.2 Å². The van der Waals surface area contributed by atoms with Gasteiger partial charge in [-0.25, -0.2) is 4.79 Å². The van der Waals surface area contributed by atoms with Gasteiger partial charge in [-0.15, -0.1) is 0 Å². The van der Waals surface area contributed by atoms with Gasteiger partial charge in [0.2, 0.25) is 0 Å². The smallest absolute Gasteiger partial charge is 0.477 e. The maximum Gasteiger partial charge on any atom is 0.477 e. The van der Waals surface area contributed by atoms with Crippen LogP contribution in [0.3, 0.4) is 0 Å². The zero-order valence-electron chi connectivity index (χ0n) is 14.1. The van der Waals surface area contributed by atoms with Gasteiger partial charge in [0.25, 0.3) is 0 Å². The van der Waals surface area contributed by atoms with E-state index in [2.05, 4.69) is 20.1 Å². The van der Waals surface area contributed by atoms with Gasteiger partial charge >= 0.3 is 11.8 Å². The van der Waals surface area contributed by atoms with E-state index in [0.29, 0.717) is 5.56 Å². The Bertz CT molecular complexity index is 1060. The van der Waals surface area contributed by atoms with E-state index in [1.165, 1.54) is 12.1 Å². The standard InChI is InChI=1S/C20H14N4O3/c25-18-13-7-6-12-17(18)22-24-19(14-8-2-1-3-9-14)23-21-16-11-5-4-10-15(16)20(26)27/h1-13H,(H,26,27)/p+1. The highest BCUT2D eigenvalue weighted by Crippen LogP contribution is 2.24. The zero-order valence-corrected chi connectivity index (χ0v) is 14.1. The topological polar surface area (TPSA) is 109 Å². The van der Waals surface area contributed by atoms with E-state index in [1.807, 2.05) is 18.2 Å². The SMILES string of the molecule is O=C(O)c1ccccc1N=NC(=[N+]=Nc1ccccc1O)c1ccccc1. The second-order valence-corrected chi connectivity index (χ2v) is 5.40. The molecule has 0 amide bonds. The first kappa shape index (κ1) is 17.7. The predicted octanol–water partition coefficient (Wildman–Crippen LogP) is 4.61. The number of aromatic hydroxyl groups is 1. The number of phenolic OH excluding ortho intramolecular Hbond substituents is 1. The first-order valence-corrected chi connectivity index (χ1v) is 8.01. The third-order valence-electron chi connectivity index (χ3n) is 3.55. The minimum Gasteiger partial charge on any atom is -0.505 e. The lowest BCUT2D eigenvalue weighted by Crippen LogP contribution is -1.99. The summed E-state index contributed by atoms with van der Waals surface area (Å²) < 4.78 is 0. The molecule has 3 rings (SSSR count). The molecular formula is C20H15N4O3+. The van der Waals surface area contributed by atoms with Gasteiger partial charge < -0.3 is 10.2 Å². The van der Waals surface area contributed by atoms with Crippen molar-refractivity contribution in [2.24, 2.45) is 15.3 Å². The molecule has 0 saturated carbocycles. The summed E-state index contributed by atoms with van der Waals surface area (Å²) >= 11 is 0. The van der Waals surface area contributed by atoms with E-state index in [-0.39, 0.29) is 28.5 Å². The van der Waals surface area contributed by atoms with Crippen LogP contribution in [0.2, 0.25) is 0 Å². The summed E-state index contributed by atoms with van der Waals surface area (Å²) in [5.41, 5.74) is 1.17. The number of para-hydroxylation sites is 1. The number of amidine groups is 1. The highest BCUT2D eigenvalue weighted by atomic mass is 16.4. The largest absolute Gasteiger partial charge is 0.505 e. The fraction of sp³-hybridized carbons (Fsp3) is 0. The van der Waals surface area contributed by atoms with Crippen LogP contribution >= 0.6 is 0 Å². The van der Waals surface area contributed by atoms with Crippen LogP contribution in [0.1, 0.15) is 15.9 Å². The number of azo groups is 1.